The number of rotatable bonds is 14. The van der Waals surface area contributed by atoms with Crippen molar-refractivity contribution in [3.8, 4) is 124 Å². The highest BCUT2D eigenvalue weighted by molar-refractivity contribution is 6.58. The number of benzene rings is 18. The summed E-state index contributed by atoms with van der Waals surface area (Å²) in [5.74, 6) is 2.89. The van der Waals surface area contributed by atoms with E-state index in [0.29, 0.717) is 34.6 Å². The molecule has 128 heavy (non-hydrogen) atoms. The molecular weight excluding hydrogens is 1590 g/mol. The van der Waals surface area contributed by atoms with Crippen LogP contribution in [0.4, 0.5) is 0 Å². The number of aromatic nitrogens is 10. The van der Waals surface area contributed by atoms with Crippen molar-refractivity contribution < 1.29 is 10.0 Å². The van der Waals surface area contributed by atoms with Crippen LogP contribution in [0, 0.1) is 0 Å². The quantitative estimate of drug-likeness (QED) is 0.103. The van der Waals surface area contributed by atoms with E-state index in [0.717, 1.165) is 117 Å². The van der Waals surface area contributed by atoms with Gasteiger partial charge in [0.05, 0.1) is 44.1 Å². The molecule has 0 atom stereocenters. The van der Waals surface area contributed by atoms with Gasteiger partial charge in [-0.2, -0.15) is 9.97 Å². The summed E-state index contributed by atoms with van der Waals surface area (Å²) < 4.78 is 9.09. The van der Waals surface area contributed by atoms with Gasteiger partial charge in [0, 0.05) is 93.7 Å². The van der Waals surface area contributed by atoms with Gasteiger partial charge in [-0.15, -0.1) is 0 Å². The van der Waals surface area contributed by atoms with E-state index in [-0.39, 0.29) is 5.28 Å². The van der Waals surface area contributed by atoms with Crippen LogP contribution in [0.2, 0.25) is 5.28 Å². The predicted molar refractivity (Wildman–Crippen MR) is 527 cm³/mol. The smallest absolute Gasteiger partial charge is 0.423 e. The fourth-order valence-corrected chi connectivity index (χ4v) is 18.2. The lowest BCUT2D eigenvalue weighted by molar-refractivity contribution is 0.425. The van der Waals surface area contributed by atoms with Gasteiger partial charge in [-0.1, -0.05) is 340 Å². The van der Waals surface area contributed by atoms with E-state index in [9.17, 15) is 10.0 Å². The van der Waals surface area contributed by atoms with Crippen LogP contribution in [0.15, 0.2) is 449 Å². The highest BCUT2D eigenvalue weighted by Crippen LogP contribution is 2.41. The van der Waals surface area contributed by atoms with Crippen LogP contribution >= 0.6 is 11.6 Å². The molecule has 0 fully saturated rings. The van der Waals surface area contributed by atoms with Gasteiger partial charge in [0.2, 0.25) is 5.28 Å². The fourth-order valence-electron chi connectivity index (χ4n) is 18.0. The number of fused-ring (bicyclic) bond motifs is 12. The second kappa shape index (κ2) is 33.6. The zero-order chi connectivity index (χ0) is 85.5. The summed E-state index contributed by atoms with van der Waals surface area (Å²) in [5, 5.41) is 28.7. The van der Waals surface area contributed by atoms with E-state index in [4.69, 9.17) is 31.5 Å². The summed E-state index contributed by atoms with van der Waals surface area (Å²) in [6.45, 7) is 0. The molecule has 6 heterocycles. The first-order valence-electron chi connectivity index (χ1n) is 42.6. The Morgan fingerprint density at radius 3 is 0.664 bits per heavy atom. The summed E-state index contributed by atoms with van der Waals surface area (Å²) in [4.78, 5) is 29.6. The van der Waals surface area contributed by atoms with Gasteiger partial charge in [0.1, 0.15) is 0 Å². The van der Waals surface area contributed by atoms with E-state index < -0.39 is 7.12 Å². The molecule has 0 unspecified atom stereocenters. The van der Waals surface area contributed by atoms with Gasteiger partial charge in [0.15, 0.2) is 29.1 Å². The molecule has 24 rings (SSSR count). The molecule has 0 amide bonds. The van der Waals surface area contributed by atoms with E-state index in [1.165, 1.54) is 65.3 Å². The molecule has 2 N–H and O–H groups in total. The van der Waals surface area contributed by atoms with E-state index in [2.05, 4.69) is 398 Å². The van der Waals surface area contributed by atoms with Crippen molar-refractivity contribution in [1.82, 2.24) is 48.2 Å². The topological polar surface area (TPSA) is 138 Å². The lowest BCUT2D eigenvalue weighted by Gasteiger charge is -2.13. The Kier molecular flexibility index (Phi) is 20.3. The molecule has 18 aromatic carbocycles. The fraction of sp³-hybridized carbons (Fsp3) is 0. The average molecular weight is 1660 g/mol. The SMILES string of the molecule is Clc1nc(-c2ccc(-c3cccc(-c4ccccc4)c3)cc2)nc(-c2cccc(-n3c4ccccc4c4ccccc43)c2)n1.OB(O)c1cccc(-n2c3ccccc3c3ccccc32)c1.c1ccc(-c2cccc(-c3ccc(-c4nc(-c5cccc(-n6c7ccccc7c7ccccc76)c5)nc(-c5cccc(-n6c7ccccc7c7ccccc76)c5)n4)cc3)c2)cc1. The van der Waals surface area contributed by atoms with Crippen LogP contribution in [0.25, 0.3) is 211 Å². The Hall–Kier alpha value is -16.5. The van der Waals surface area contributed by atoms with Crippen LogP contribution in [0.3, 0.4) is 0 Å². The van der Waals surface area contributed by atoms with Gasteiger partial charge in [-0.05, 0) is 171 Å². The number of halogens is 1. The molecule has 0 saturated carbocycles. The normalized spacial score (nSPS) is 11.4. The van der Waals surface area contributed by atoms with E-state index >= 15 is 0 Å². The molecule has 0 saturated heterocycles. The first-order chi connectivity index (χ1) is 63.2. The second-order valence-corrected chi connectivity index (χ2v) is 32.0. The minimum absolute atomic E-state index is 0.159. The van der Waals surface area contributed by atoms with E-state index in [1.54, 1.807) is 6.07 Å². The lowest BCUT2D eigenvalue weighted by atomic mass is 9.80. The maximum atomic E-state index is 9.42. The largest absolute Gasteiger partial charge is 0.488 e. The van der Waals surface area contributed by atoms with Crippen molar-refractivity contribution in [2.75, 3.05) is 0 Å². The maximum Gasteiger partial charge on any atom is 0.488 e. The Morgan fingerprint density at radius 1 is 0.172 bits per heavy atom. The Morgan fingerprint density at radius 2 is 0.375 bits per heavy atom. The average Bonchev–Trinajstić information content (AvgIpc) is 1.59. The molecule has 0 aliphatic rings. The molecule has 14 heteroatoms. The van der Waals surface area contributed by atoms with Gasteiger partial charge in [-0.3, -0.25) is 0 Å². The minimum atomic E-state index is -1.46. The van der Waals surface area contributed by atoms with Crippen molar-refractivity contribution in [2.45, 2.75) is 0 Å². The second-order valence-electron chi connectivity index (χ2n) is 31.7. The van der Waals surface area contributed by atoms with Crippen molar-refractivity contribution in [3.05, 3.63) is 454 Å². The molecule has 0 bridgehead atoms. The molecule has 604 valence electrons. The van der Waals surface area contributed by atoms with Crippen LogP contribution < -0.4 is 5.46 Å². The Labute approximate surface area is 743 Å². The molecule has 0 aliphatic carbocycles. The van der Waals surface area contributed by atoms with Crippen LogP contribution in [-0.4, -0.2) is 65.3 Å². The highest BCUT2D eigenvalue weighted by Gasteiger charge is 2.22. The predicted octanol–water partition coefficient (Wildman–Crippen LogP) is 27.2. The number of hydrogen-bond acceptors (Lipinski definition) is 8. The van der Waals surface area contributed by atoms with Gasteiger partial charge < -0.3 is 28.3 Å². The monoisotopic (exact) mass is 1660 g/mol. The summed E-state index contributed by atoms with van der Waals surface area (Å²) in [6, 6.07) is 155. The first-order valence-corrected chi connectivity index (χ1v) is 43.0. The first kappa shape index (κ1) is 77.5. The Bertz CT molecular complexity index is 7940. The number of para-hydroxylation sites is 8. The standard InChI is InChI=1S/C57H37N5.C39H25ClN4.C18H14BNO2/c1-2-15-38(16-3-1)41-17-12-18-42(35-41)39-31-33-40(34-32-39)55-58-56(43-19-13-21-45(36-43)61-51-27-8-4-23-47(51)48-24-5-9-28-52(48)61)60-57(59-55)44-20-14-22-46(37-44)62-53-29-10-6-25-49(53)50-26-7-11-30-54(50)62;40-39-42-37(28-22-20-27(21-23-28)30-13-8-12-29(24-30)26-10-2-1-3-11-26)41-38(43-39)31-14-9-15-32(25-31)44-35-18-6-4-16-33(35)34-17-5-7-19-36(34)44;21-19(22)13-6-5-7-14(12-13)20-17-10-3-1-8-15(17)16-9-2-4-11-18(16)20/h1-37H;1-25H;1-12,21-22H. The molecule has 6 aromatic heterocycles. The summed E-state index contributed by atoms with van der Waals surface area (Å²) >= 11 is 6.48. The van der Waals surface area contributed by atoms with Crippen LogP contribution in [0.5, 0.6) is 0 Å². The number of hydrogen-bond donors (Lipinski definition) is 2. The van der Waals surface area contributed by atoms with Crippen LogP contribution in [0.1, 0.15) is 0 Å². The third-order valence-electron chi connectivity index (χ3n) is 24.0. The van der Waals surface area contributed by atoms with Crippen LogP contribution in [-0.2, 0) is 0 Å². The summed E-state index contributed by atoms with van der Waals surface area (Å²) in [7, 11) is -1.46. The maximum absolute atomic E-state index is 9.42. The molecule has 0 radical (unpaired) electrons. The van der Waals surface area contributed by atoms with Crippen molar-refractivity contribution >= 4 is 111 Å². The molecular formula is C114H76BClN10O2. The van der Waals surface area contributed by atoms with Gasteiger partial charge in [0.25, 0.3) is 0 Å². The third kappa shape index (κ3) is 14.7. The van der Waals surface area contributed by atoms with Crippen molar-refractivity contribution in [1.29, 1.82) is 0 Å². The van der Waals surface area contributed by atoms with Gasteiger partial charge >= 0.3 is 7.12 Å². The van der Waals surface area contributed by atoms with Crippen molar-refractivity contribution in [3.63, 3.8) is 0 Å². The minimum Gasteiger partial charge on any atom is -0.423 e. The number of nitrogens with zero attached hydrogens (tertiary/aromatic N) is 10. The summed E-state index contributed by atoms with van der Waals surface area (Å²) in [6.07, 6.45) is 0. The molecule has 0 spiro atoms. The summed E-state index contributed by atoms with van der Waals surface area (Å²) in [5.41, 5.74) is 27.4. The third-order valence-corrected chi connectivity index (χ3v) is 24.1. The zero-order valence-corrected chi connectivity index (χ0v) is 69.8. The molecule has 12 nitrogen and oxygen atoms in total. The van der Waals surface area contributed by atoms with E-state index in [1.807, 2.05) is 72.8 Å². The molecule has 0 aliphatic heterocycles. The molecule has 24 aromatic rings. The van der Waals surface area contributed by atoms with Gasteiger partial charge in [-0.25, -0.2) is 19.9 Å². The zero-order valence-electron chi connectivity index (χ0n) is 69.0. The lowest BCUT2D eigenvalue weighted by Crippen LogP contribution is -2.29. The highest BCUT2D eigenvalue weighted by atomic mass is 35.5. The Balaban J connectivity index is 0.000000126. The van der Waals surface area contributed by atoms with Crippen molar-refractivity contribution in [2.24, 2.45) is 0 Å².